The first-order chi connectivity index (χ1) is 12.5. The molecule has 1 aromatic rings. The Kier molecular flexibility index (Phi) is 13.3. The standard InChI is InChI=1S/C20H32N2O4.ClH/c1-4-7-8-9-14-25-20(24)18-16(11-10-12-17(18)21)19(23)26-15-13-22(5-2)6-3;/h10-12H,4-9,13-15,21H2,1-3H3;1H. The van der Waals surface area contributed by atoms with E-state index in [2.05, 4.69) is 25.7 Å². The first kappa shape index (κ1) is 25.2. The van der Waals surface area contributed by atoms with Gasteiger partial charge in [0.25, 0.3) is 0 Å². The van der Waals surface area contributed by atoms with E-state index < -0.39 is 11.9 Å². The zero-order valence-corrected chi connectivity index (χ0v) is 17.5. The normalized spacial score (nSPS) is 10.4. The van der Waals surface area contributed by atoms with Crippen LogP contribution in [0.4, 0.5) is 5.69 Å². The number of hydrogen-bond donors (Lipinski definition) is 1. The van der Waals surface area contributed by atoms with Crippen molar-refractivity contribution >= 4 is 30.0 Å². The number of nitrogens with zero attached hydrogens (tertiary/aromatic N) is 1. The Bertz CT molecular complexity index is 577. The van der Waals surface area contributed by atoms with E-state index in [9.17, 15) is 9.59 Å². The highest BCUT2D eigenvalue weighted by molar-refractivity contribution is 6.06. The Morgan fingerprint density at radius 2 is 1.63 bits per heavy atom. The summed E-state index contributed by atoms with van der Waals surface area (Å²) in [5.41, 5.74) is 6.39. The van der Waals surface area contributed by atoms with Crippen molar-refractivity contribution in [3.63, 3.8) is 0 Å². The molecule has 0 spiro atoms. The molecule has 0 amide bonds. The van der Waals surface area contributed by atoms with E-state index in [1.165, 1.54) is 0 Å². The molecule has 0 heterocycles. The van der Waals surface area contributed by atoms with E-state index in [0.29, 0.717) is 13.2 Å². The van der Waals surface area contributed by atoms with Crippen molar-refractivity contribution in [3.05, 3.63) is 29.3 Å². The van der Waals surface area contributed by atoms with Gasteiger partial charge >= 0.3 is 11.9 Å². The van der Waals surface area contributed by atoms with E-state index in [4.69, 9.17) is 15.2 Å². The van der Waals surface area contributed by atoms with Crippen LogP contribution < -0.4 is 5.73 Å². The van der Waals surface area contributed by atoms with Gasteiger partial charge in [0.05, 0.1) is 17.7 Å². The molecule has 2 N–H and O–H groups in total. The number of anilines is 1. The van der Waals surface area contributed by atoms with Crippen LogP contribution in [0.1, 0.15) is 67.2 Å². The number of nitrogens with two attached hydrogens (primary N) is 1. The summed E-state index contributed by atoms with van der Waals surface area (Å²) in [6.07, 6.45) is 4.03. The molecule has 0 unspecified atom stereocenters. The van der Waals surface area contributed by atoms with Crippen LogP contribution >= 0.6 is 12.4 Å². The van der Waals surface area contributed by atoms with Crippen LogP contribution in [0.15, 0.2) is 18.2 Å². The van der Waals surface area contributed by atoms with Gasteiger partial charge in [0.1, 0.15) is 6.61 Å². The summed E-state index contributed by atoms with van der Waals surface area (Å²) < 4.78 is 10.6. The molecule has 0 saturated carbocycles. The highest BCUT2D eigenvalue weighted by atomic mass is 35.5. The lowest BCUT2D eigenvalue weighted by Gasteiger charge is -2.18. The van der Waals surface area contributed by atoms with Crippen LogP contribution in [0.5, 0.6) is 0 Å². The average molecular weight is 401 g/mol. The quantitative estimate of drug-likeness (QED) is 0.325. The largest absolute Gasteiger partial charge is 0.462 e. The van der Waals surface area contributed by atoms with Gasteiger partial charge in [-0.3, -0.25) is 0 Å². The molecule has 1 rings (SSSR count). The summed E-state index contributed by atoms with van der Waals surface area (Å²) in [5.74, 6) is -1.13. The second-order valence-corrected chi connectivity index (χ2v) is 6.13. The maximum absolute atomic E-state index is 12.4. The molecule has 0 aliphatic heterocycles. The number of halogens is 1. The summed E-state index contributed by atoms with van der Waals surface area (Å²) in [6, 6.07) is 4.76. The summed E-state index contributed by atoms with van der Waals surface area (Å²) in [4.78, 5) is 26.9. The third kappa shape index (κ3) is 8.63. The molecular weight excluding hydrogens is 368 g/mol. The molecule has 7 heteroatoms. The number of benzene rings is 1. The second-order valence-electron chi connectivity index (χ2n) is 6.13. The lowest BCUT2D eigenvalue weighted by molar-refractivity contribution is 0.0433. The third-order valence-electron chi connectivity index (χ3n) is 4.29. The Labute approximate surface area is 168 Å². The van der Waals surface area contributed by atoms with Crippen molar-refractivity contribution in [2.75, 3.05) is 38.6 Å². The van der Waals surface area contributed by atoms with Crippen LogP contribution in [0.2, 0.25) is 0 Å². The lowest BCUT2D eigenvalue weighted by atomic mass is 10.1. The fourth-order valence-electron chi connectivity index (χ4n) is 2.62. The first-order valence-electron chi connectivity index (χ1n) is 9.50. The van der Waals surface area contributed by atoms with Crippen LogP contribution in [-0.2, 0) is 9.47 Å². The van der Waals surface area contributed by atoms with Crippen molar-refractivity contribution in [3.8, 4) is 0 Å². The highest BCUT2D eigenvalue weighted by Gasteiger charge is 2.22. The SMILES string of the molecule is CCCCCCOC(=O)c1c(N)cccc1C(=O)OCCN(CC)CC.Cl. The molecule has 1 aromatic carbocycles. The summed E-state index contributed by atoms with van der Waals surface area (Å²) >= 11 is 0. The summed E-state index contributed by atoms with van der Waals surface area (Å²) in [6.45, 7) is 9.25. The van der Waals surface area contributed by atoms with E-state index in [1.807, 2.05) is 0 Å². The summed E-state index contributed by atoms with van der Waals surface area (Å²) in [7, 11) is 0. The second kappa shape index (κ2) is 14.3. The van der Waals surface area contributed by atoms with Crippen LogP contribution in [0.25, 0.3) is 0 Å². The molecule has 0 aromatic heterocycles. The number of carbonyl (C=O) groups is 2. The number of nitrogen functional groups attached to an aromatic ring is 1. The number of rotatable bonds is 12. The lowest BCUT2D eigenvalue weighted by Crippen LogP contribution is -2.28. The molecule has 0 fully saturated rings. The number of esters is 2. The number of carbonyl (C=O) groups excluding carboxylic acids is 2. The fraction of sp³-hybridized carbons (Fsp3) is 0.600. The van der Waals surface area contributed by atoms with Crippen molar-refractivity contribution in [1.29, 1.82) is 0 Å². The number of hydrogen-bond acceptors (Lipinski definition) is 6. The van der Waals surface area contributed by atoms with E-state index in [-0.39, 0.29) is 35.8 Å². The fourth-order valence-corrected chi connectivity index (χ4v) is 2.62. The van der Waals surface area contributed by atoms with Gasteiger partial charge < -0.3 is 20.1 Å². The van der Waals surface area contributed by atoms with Gasteiger partial charge in [-0.15, -0.1) is 12.4 Å². The van der Waals surface area contributed by atoms with Gasteiger partial charge in [0, 0.05) is 12.2 Å². The minimum Gasteiger partial charge on any atom is -0.462 e. The van der Waals surface area contributed by atoms with Gasteiger partial charge in [-0.2, -0.15) is 0 Å². The van der Waals surface area contributed by atoms with Crippen molar-refractivity contribution in [2.24, 2.45) is 0 Å². The Morgan fingerprint density at radius 1 is 0.963 bits per heavy atom. The molecule has 0 radical (unpaired) electrons. The molecule has 6 nitrogen and oxygen atoms in total. The van der Waals surface area contributed by atoms with Gasteiger partial charge in [0.15, 0.2) is 0 Å². The maximum atomic E-state index is 12.4. The van der Waals surface area contributed by atoms with Crippen molar-refractivity contribution in [1.82, 2.24) is 4.90 Å². The number of likely N-dealkylation sites (N-methyl/N-ethyl adjacent to an activating group) is 1. The van der Waals surface area contributed by atoms with E-state index >= 15 is 0 Å². The molecule has 154 valence electrons. The van der Waals surface area contributed by atoms with Crippen molar-refractivity contribution in [2.45, 2.75) is 46.5 Å². The first-order valence-corrected chi connectivity index (χ1v) is 9.50. The topological polar surface area (TPSA) is 81.9 Å². The zero-order valence-electron chi connectivity index (χ0n) is 16.7. The van der Waals surface area contributed by atoms with Gasteiger partial charge in [-0.25, -0.2) is 9.59 Å². The molecule has 27 heavy (non-hydrogen) atoms. The molecule has 0 aliphatic rings. The van der Waals surface area contributed by atoms with Gasteiger partial charge in [-0.1, -0.05) is 46.1 Å². The Morgan fingerprint density at radius 3 is 2.26 bits per heavy atom. The summed E-state index contributed by atoms with van der Waals surface area (Å²) in [5, 5.41) is 0. The van der Waals surface area contributed by atoms with E-state index in [1.54, 1.807) is 18.2 Å². The van der Waals surface area contributed by atoms with Crippen LogP contribution in [0, 0.1) is 0 Å². The third-order valence-corrected chi connectivity index (χ3v) is 4.29. The van der Waals surface area contributed by atoms with Gasteiger partial charge in [0.2, 0.25) is 0 Å². The average Bonchev–Trinajstić information content (AvgIpc) is 2.64. The van der Waals surface area contributed by atoms with Crippen LogP contribution in [-0.4, -0.2) is 49.7 Å². The molecule has 0 saturated heterocycles. The predicted octanol–water partition coefficient (Wildman–Crippen LogP) is 3.93. The number of unbranched alkanes of at least 4 members (excludes halogenated alkanes) is 3. The Hall–Kier alpha value is -1.79. The monoisotopic (exact) mass is 400 g/mol. The minimum atomic E-state index is -0.574. The zero-order chi connectivity index (χ0) is 19.4. The molecular formula is C20H33ClN2O4. The smallest absolute Gasteiger partial charge is 0.341 e. The Balaban J connectivity index is 0.00000676. The van der Waals surface area contributed by atoms with Crippen LogP contribution in [0.3, 0.4) is 0 Å². The predicted molar refractivity (Wildman–Crippen MR) is 111 cm³/mol. The van der Waals surface area contributed by atoms with E-state index in [0.717, 1.165) is 38.8 Å². The molecule has 0 bridgehead atoms. The molecule has 0 aliphatic carbocycles. The minimum absolute atomic E-state index is 0. The maximum Gasteiger partial charge on any atom is 0.341 e. The highest BCUT2D eigenvalue weighted by Crippen LogP contribution is 2.20. The molecule has 0 atom stereocenters. The van der Waals surface area contributed by atoms with Crippen molar-refractivity contribution < 1.29 is 19.1 Å². The van der Waals surface area contributed by atoms with Gasteiger partial charge in [-0.05, 0) is 31.6 Å². The number of ether oxygens (including phenoxy) is 2.